The van der Waals surface area contributed by atoms with E-state index in [2.05, 4.69) is 15.0 Å². The molecule has 0 bridgehead atoms. The van der Waals surface area contributed by atoms with Crippen LogP contribution in [0.25, 0.3) is 11.1 Å². The Labute approximate surface area is 208 Å². The third-order valence-electron chi connectivity index (χ3n) is 6.29. The summed E-state index contributed by atoms with van der Waals surface area (Å²) in [6.45, 7) is 3.95. The van der Waals surface area contributed by atoms with Crippen molar-refractivity contribution in [1.82, 2.24) is 24.8 Å². The van der Waals surface area contributed by atoms with Crippen LogP contribution in [0.3, 0.4) is 0 Å². The van der Waals surface area contributed by atoms with E-state index in [1.807, 2.05) is 6.92 Å². The number of carbonyl (C=O) groups is 2. The average molecular weight is 494 g/mol. The van der Waals surface area contributed by atoms with Crippen LogP contribution in [0.1, 0.15) is 34.6 Å². The van der Waals surface area contributed by atoms with Gasteiger partial charge in [0.05, 0.1) is 19.2 Å². The van der Waals surface area contributed by atoms with E-state index in [-0.39, 0.29) is 47.9 Å². The van der Waals surface area contributed by atoms with Gasteiger partial charge in [0.1, 0.15) is 23.8 Å². The molecule has 1 N–H and O–H groups in total. The minimum atomic E-state index is -0.522. The van der Waals surface area contributed by atoms with Crippen LogP contribution in [-0.4, -0.2) is 80.6 Å². The minimum Gasteiger partial charge on any atom is -0.472 e. The van der Waals surface area contributed by atoms with Gasteiger partial charge < -0.3 is 19.6 Å². The Hall–Kier alpha value is -3.92. The van der Waals surface area contributed by atoms with E-state index in [0.29, 0.717) is 17.7 Å². The number of fused-ring (bicyclic) bond motifs is 1. The number of aliphatic hydroxyl groups is 1. The molecule has 0 fully saturated rings. The van der Waals surface area contributed by atoms with Crippen LogP contribution in [0.5, 0.6) is 5.88 Å². The zero-order valence-electron chi connectivity index (χ0n) is 20.3. The predicted molar refractivity (Wildman–Crippen MR) is 130 cm³/mol. The smallest absolute Gasteiger partial charge is 0.259 e. The van der Waals surface area contributed by atoms with Crippen LogP contribution in [-0.2, 0) is 0 Å². The number of ether oxygens (including phenoxy) is 1. The highest BCUT2D eigenvalue weighted by molar-refractivity contribution is 5.98. The highest BCUT2D eigenvalue weighted by Crippen LogP contribution is 2.30. The molecular weight excluding hydrogens is 465 g/mol. The van der Waals surface area contributed by atoms with Gasteiger partial charge in [-0.3, -0.25) is 9.59 Å². The van der Waals surface area contributed by atoms with Crippen molar-refractivity contribution >= 4 is 11.8 Å². The van der Waals surface area contributed by atoms with Crippen molar-refractivity contribution in [2.75, 3.05) is 26.7 Å². The van der Waals surface area contributed by atoms with E-state index in [9.17, 15) is 19.1 Å². The Morgan fingerprint density at radius 2 is 2.00 bits per heavy atom. The molecule has 2 amide bonds. The number of rotatable bonds is 6. The first-order valence-electron chi connectivity index (χ1n) is 11.6. The van der Waals surface area contributed by atoms with Crippen LogP contribution < -0.4 is 4.74 Å². The van der Waals surface area contributed by atoms with Gasteiger partial charge in [-0.25, -0.2) is 19.3 Å². The number of hydrogen-bond acceptors (Lipinski definition) is 7. The predicted octanol–water partition coefficient (Wildman–Crippen LogP) is 2.67. The number of aliphatic hydroxyl groups excluding tert-OH is 1. The van der Waals surface area contributed by atoms with Crippen LogP contribution in [0.15, 0.2) is 55.2 Å². The number of carbonyl (C=O) groups excluding carboxylic acids is 2. The highest BCUT2D eigenvalue weighted by Gasteiger charge is 2.35. The summed E-state index contributed by atoms with van der Waals surface area (Å²) in [6.07, 6.45) is 5.71. The average Bonchev–Trinajstić information content (AvgIpc) is 2.90. The number of nitrogens with zero attached hydrogens (tertiary/aromatic N) is 5. The first kappa shape index (κ1) is 25.2. The van der Waals surface area contributed by atoms with Gasteiger partial charge in [0.25, 0.3) is 11.8 Å². The lowest BCUT2D eigenvalue weighted by atomic mass is 9.99. The van der Waals surface area contributed by atoms with E-state index < -0.39 is 18.0 Å². The zero-order chi connectivity index (χ0) is 25.8. The molecule has 36 heavy (non-hydrogen) atoms. The lowest BCUT2D eigenvalue weighted by molar-refractivity contribution is 0.0313. The monoisotopic (exact) mass is 493 g/mol. The molecule has 3 aromatic rings. The van der Waals surface area contributed by atoms with Crippen molar-refractivity contribution < 1.29 is 23.8 Å². The normalized spacial score (nSPS) is 18.5. The topological polar surface area (TPSA) is 109 Å². The van der Waals surface area contributed by atoms with Crippen molar-refractivity contribution in [3.05, 3.63) is 72.2 Å². The van der Waals surface area contributed by atoms with Gasteiger partial charge in [0, 0.05) is 54.8 Å². The van der Waals surface area contributed by atoms with Gasteiger partial charge in [0.2, 0.25) is 5.88 Å². The molecule has 3 heterocycles. The Morgan fingerprint density at radius 3 is 2.69 bits per heavy atom. The fraction of sp³-hybridized carbons (Fsp3) is 0.346. The number of amides is 2. The summed E-state index contributed by atoms with van der Waals surface area (Å²) in [7, 11) is 1.62. The molecular formula is C26H28FN5O4. The quantitative estimate of drug-likeness (QED) is 0.562. The number of pyridine rings is 1. The first-order chi connectivity index (χ1) is 17.3. The lowest BCUT2D eigenvalue weighted by Gasteiger charge is -2.37. The Bertz CT molecular complexity index is 1240. The van der Waals surface area contributed by atoms with Gasteiger partial charge in [-0.2, -0.15) is 0 Å². The third kappa shape index (κ3) is 5.33. The maximum Gasteiger partial charge on any atom is 0.259 e. The van der Waals surface area contributed by atoms with Crippen molar-refractivity contribution in [3.63, 3.8) is 0 Å². The van der Waals surface area contributed by atoms with Gasteiger partial charge in [-0.1, -0.05) is 13.0 Å². The summed E-state index contributed by atoms with van der Waals surface area (Å²) < 4.78 is 19.9. The second-order valence-electron chi connectivity index (χ2n) is 9.02. The van der Waals surface area contributed by atoms with E-state index in [1.165, 1.54) is 29.4 Å². The molecule has 9 nitrogen and oxygen atoms in total. The Morgan fingerprint density at radius 1 is 1.25 bits per heavy atom. The number of aromatic nitrogens is 3. The molecule has 1 aliphatic heterocycles. The molecule has 0 aliphatic carbocycles. The fourth-order valence-corrected chi connectivity index (χ4v) is 4.12. The molecule has 1 aliphatic rings. The molecule has 3 atom stereocenters. The summed E-state index contributed by atoms with van der Waals surface area (Å²) in [5, 5.41) is 9.83. The molecule has 2 aromatic heterocycles. The molecule has 0 saturated heterocycles. The summed E-state index contributed by atoms with van der Waals surface area (Å²) in [5.74, 6) is -1.22. The van der Waals surface area contributed by atoms with Crippen molar-refractivity contribution in [3.8, 4) is 17.0 Å². The number of likely N-dealkylation sites (N-methyl/N-ethyl adjacent to an activating group) is 1. The van der Waals surface area contributed by atoms with Crippen LogP contribution >= 0.6 is 0 Å². The summed E-state index contributed by atoms with van der Waals surface area (Å²) in [5.41, 5.74) is 1.81. The van der Waals surface area contributed by atoms with E-state index in [0.717, 1.165) is 0 Å². The summed E-state index contributed by atoms with van der Waals surface area (Å²) in [4.78, 5) is 42.0. The molecule has 1 aromatic carbocycles. The number of hydrogen-bond donors (Lipinski definition) is 1. The van der Waals surface area contributed by atoms with Gasteiger partial charge in [0.15, 0.2) is 0 Å². The fourth-order valence-electron chi connectivity index (χ4n) is 4.12. The zero-order valence-corrected chi connectivity index (χ0v) is 20.3. The summed E-state index contributed by atoms with van der Waals surface area (Å²) >= 11 is 0. The molecule has 10 heteroatoms. The van der Waals surface area contributed by atoms with Crippen LogP contribution in [0, 0.1) is 11.7 Å². The minimum absolute atomic E-state index is 0.138. The largest absolute Gasteiger partial charge is 0.472 e. The number of benzene rings is 1. The van der Waals surface area contributed by atoms with Crippen molar-refractivity contribution in [2.24, 2.45) is 5.92 Å². The summed E-state index contributed by atoms with van der Waals surface area (Å²) in [6, 6.07) is 6.75. The first-order valence-corrected chi connectivity index (χ1v) is 11.6. The van der Waals surface area contributed by atoms with Gasteiger partial charge in [-0.15, -0.1) is 0 Å². The van der Waals surface area contributed by atoms with Crippen molar-refractivity contribution in [1.29, 1.82) is 0 Å². The van der Waals surface area contributed by atoms with Crippen LogP contribution in [0.4, 0.5) is 4.39 Å². The second-order valence-corrected chi connectivity index (χ2v) is 9.02. The lowest BCUT2D eigenvalue weighted by Crippen LogP contribution is -2.50. The van der Waals surface area contributed by atoms with Gasteiger partial charge in [-0.05, 0) is 31.2 Å². The maximum atomic E-state index is 13.7. The molecule has 188 valence electrons. The SMILES string of the molecule is C[C@H](CO)N1C[C@H](C)[C@@H](CN(C)C(=O)c2cccc(F)c2)Oc2ncc(-c3cncnc3)cc2C1=O. The Balaban J connectivity index is 1.67. The highest BCUT2D eigenvalue weighted by atomic mass is 19.1. The molecule has 0 radical (unpaired) electrons. The standard InChI is InChI=1S/C26H28FN5O4/c1-16-12-32(17(2)14-33)26(35)22-8-19(20-9-28-15-29-10-20)11-30-24(22)36-23(16)13-31(3)25(34)18-5-4-6-21(27)7-18/h4-11,15-17,23,33H,12-14H2,1-3H3/t16-,17+,23+/m0/s1. The molecule has 0 spiro atoms. The maximum absolute atomic E-state index is 13.7. The van der Waals surface area contributed by atoms with E-state index >= 15 is 0 Å². The Kier molecular flexibility index (Phi) is 7.54. The third-order valence-corrected chi connectivity index (χ3v) is 6.29. The van der Waals surface area contributed by atoms with Gasteiger partial charge >= 0.3 is 0 Å². The molecule has 0 saturated carbocycles. The number of halogens is 1. The van der Waals surface area contributed by atoms with E-state index in [1.54, 1.807) is 49.6 Å². The molecule has 4 rings (SSSR count). The van der Waals surface area contributed by atoms with Crippen LogP contribution in [0.2, 0.25) is 0 Å². The van der Waals surface area contributed by atoms with Crippen molar-refractivity contribution in [2.45, 2.75) is 26.0 Å². The van der Waals surface area contributed by atoms with E-state index in [4.69, 9.17) is 4.74 Å². The molecule has 0 unspecified atom stereocenters. The second kappa shape index (κ2) is 10.8.